The van der Waals surface area contributed by atoms with E-state index in [1.165, 1.54) is 31.4 Å². The van der Waals surface area contributed by atoms with Crippen LogP contribution in [0.15, 0.2) is 47.1 Å². The fourth-order valence-electron chi connectivity index (χ4n) is 4.42. The summed E-state index contributed by atoms with van der Waals surface area (Å²) in [5.74, 6) is -3.59. The van der Waals surface area contributed by atoms with Crippen LogP contribution >= 0.6 is 11.3 Å². The van der Waals surface area contributed by atoms with Crippen molar-refractivity contribution in [3.63, 3.8) is 0 Å². The molecule has 0 aliphatic carbocycles. The third kappa shape index (κ3) is 8.30. The fourth-order valence-corrected chi connectivity index (χ4v) is 5.42. The first-order valence-corrected chi connectivity index (χ1v) is 16.1. The molecule has 0 radical (unpaired) electrons. The van der Waals surface area contributed by atoms with Crippen LogP contribution in [0, 0.1) is 5.82 Å². The molecule has 1 saturated heterocycles. The number of hydrogen-bond donors (Lipinski definition) is 5. The molecule has 18 nitrogen and oxygen atoms in total. The number of aromatic nitrogens is 2. The number of aryl methyl sites for hydroxylation is 1. The van der Waals surface area contributed by atoms with Gasteiger partial charge in [-0.05, 0) is 32.0 Å². The van der Waals surface area contributed by atoms with E-state index < -0.39 is 64.0 Å². The van der Waals surface area contributed by atoms with E-state index in [0.717, 1.165) is 23.2 Å². The first-order chi connectivity index (χ1) is 22.5. The highest BCUT2D eigenvalue weighted by Gasteiger charge is 2.57. The molecule has 2 amide bonds. The molecule has 1 fully saturated rings. The van der Waals surface area contributed by atoms with Crippen LogP contribution in [0.3, 0.4) is 0 Å². The van der Waals surface area contributed by atoms with E-state index >= 15 is 4.39 Å². The Labute approximate surface area is 277 Å². The average Bonchev–Trinajstić information content (AvgIpc) is 3.44. The van der Waals surface area contributed by atoms with Crippen LogP contribution in [0.5, 0.6) is 5.75 Å². The Kier molecular flexibility index (Phi) is 10.8. The zero-order valence-electron chi connectivity index (χ0n) is 25.6. The van der Waals surface area contributed by atoms with Gasteiger partial charge in [0.2, 0.25) is 10.4 Å². The molecule has 1 aliphatic rings. The molecule has 48 heavy (non-hydrogen) atoms. The minimum atomic E-state index is -5.29. The van der Waals surface area contributed by atoms with Gasteiger partial charge in [0.15, 0.2) is 10.8 Å². The number of benzene rings is 1. The summed E-state index contributed by atoms with van der Waals surface area (Å²) in [6.07, 6.45) is -0.0942. The summed E-state index contributed by atoms with van der Waals surface area (Å²) in [4.78, 5) is 46.7. The third-order valence-corrected chi connectivity index (χ3v) is 7.89. The van der Waals surface area contributed by atoms with Gasteiger partial charge in [0.05, 0.1) is 25.3 Å². The number of ether oxygens (including phenoxy) is 1. The van der Waals surface area contributed by atoms with Gasteiger partial charge < -0.3 is 36.0 Å². The van der Waals surface area contributed by atoms with E-state index in [4.69, 9.17) is 21.0 Å². The number of rotatable bonds is 15. The number of nitrogens with two attached hydrogens (primary N) is 2. The number of halogens is 1. The quantitative estimate of drug-likeness (QED) is 0.0332. The maximum Gasteiger partial charge on any atom is 0.351 e. The molecule has 4 rings (SSSR count). The Morgan fingerprint density at radius 3 is 2.60 bits per heavy atom. The van der Waals surface area contributed by atoms with Crippen LogP contribution < -0.4 is 31.4 Å². The number of pyridine rings is 1. The zero-order valence-corrected chi connectivity index (χ0v) is 27.2. The van der Waals surface area contributed by atoms with Crippen molar-refractivity contribution >= 4 is 56.2 Å². The van der Waals surface area contributed by atoms with Gasteiger partial charge in [0.1, 0.15) is 29.9 Å². The highest BCUT2D eigenvalue weighted by atomic mass is 32.3. The standard InChI is InChI=1S/C27H31FN8O10S2/c1-27(2)22(24(38)36(27)46-48(41,42)43)33-23(37)21(18-13-47-26(30)32-18)34-45-19(25(39)40)12-44-15-5-6-16(17(28)10-15)14-4-7-20(31-9-8-29)35(3)11-14/h4-7,10-11,13,19,22H,8-9,12,29H2,1-3H3,(H5,30,32,33,37,39,40,41,42,43)/b34-21-/t19-,22?/m0/s1. The highest BCUT2D eigenvalue weighted by molar-refractivity contribution is 7.80. The highest BCUT2D eigenvalue weighted by Crippen LogP contribution is 2.33. The average molecular weight is 711 g/mol. The number of carbonyl (C=O) groups excluding carboxylic acids is 2. The number of nitrogen functional groups attached to an aromatic ring is 1. The minimum Gasteiger partial charge on any atom is -0.724 e. The molecule has 1 aliphatic heterocycles. The number of hydroxylamine groups is 2. The van der Waals surface area contributed by atoms with Gasteiger partial charge in [-0.1, -0.05) is 5.16 Å². The van der Waals surface area contributed by atoms with E-state index in [9.17, 15) is 32.5 Å². The molecule has 0 spiro atoms. The van der Waals surface area contributed by atoms with Crippen molar-refractivity contribution in [1.29, 1.82) is 0 Å². The van der Waals surface area contributed by atoms with Gasteiger partial charge in [-0.3, -0.25) is 14.9 Å². The summed E-state index contributed by atoms with van der Waals surface area (Å²) >= 11 is 0.917. The Morgan fingerprint density at radius 2 is 2.04 bits per heavy atom. The number of oxime groups is 1. The summed E-state index contributed by atoms with van der Waals surface area (Å²) in [5, 5.41) is 20.4. The summed E-state index contributed by atoms with van der Waals surface area (Å²) in [7, 11) is -3.51. The van der Waals surface area contributed by atoms with E-state index in [1.807, 2.05) is 0 Å². The van der Waals surface area contributed by atoms with E-state index in [0.29, 0.717) is 23.7 Å². The van der Waals surface area contributed by atoms with Crippen molar-refractivity contribution in [2.24, 2.45) is 17.9 Å². The predicted octanol–water partition coefficient (Wildman–Crippen LogP) is -0.523. The van der Waals surface area contributed by atoms with Crippen molar-refractivity contribution < 1.29 is 55.3 Å². The number of carboxylic acids is 1. The third-order valence-electron chi connectivity index (χ3n) is 6.88. The monoisotopic (exact) mass is 710 g/mol. The lowest BCUT2D eigenvalue weighted by Crippen LogP contribution is -2.76. The van der Waals surface area contributed by atoms with Crippen LogP contribution in [0.25, 0.3) is 11.1 Å². The Hall–Kier alpha value is -4.96. The molecule has 1 aromatic carbocycles. The predicted molar refractivity (Wildman–Crippen MR) is 165 cm³/mol. The topological polar surface area (TPSA) is 265 Å². The van der Waals surface area contributed by atoms with E-state index in [2.05, 4.69) is 25.1 Å². The van der Waals surface area contributed by atoms with Crippen LogP contribution in [-0.2, 0) is 41.0 Å². The number of aliphatic carboxylic acids is 1. The van der Waals surface area contributed by atoms with Crippen LogP contribution in [0.4, 0.5) is 15.3 Å². The zero-order chi connectivity index (χ0) is 35.4. The number of anilines is 2. The van der Waals surface area contributed by atoms with Crippen molar-refractivity contribution in [1.82, 2.24) is 15.4 Å². The molecule has 2 aromatic heterocycles. The van der Waals surface area contributed by atoms with Gasteiger partial charge in [-0.25, -0.2) is 27.2 Å². The van der Waals surface area contributed by atoms with Crippen molar-refractivity contribution in [2.45, 2.75) is 31.5 Å². The second-order valence-corrected chi connectivity index (χ2v) is 12.6. The SMILES string of the molecule is C[n+]1cc(-c2ccc(OC[C@H](O/N=C(\C(=O)NC3C(=O)N(OS(=O)(=O)[O-])C3(C)C)c3csc(N)n3)C(=O)O)cc2F)ccc1NCCN. The van der Waals surface area contributed by atoms with Gasteiger partial charge in [-0.15, -0.1) is 11.3 Å². The number of nitrogens with zero attached hydrogens (tertiary/aromatic N) is 4. The molecule has 3 heterocycles. The Balaban J connectivity index is 1.47. The Morgan fingerprint density at radius 1 is 1.31 bits per heavy atom. The van der Waals surface area contributed by atoms with Gasteiger partial charge in [-0.2, -0.15) is 9.35 Å². The van der Waals surface area contributed by atoms with Crippen molar-refractivity contribution in [3.8, 4) is 16.9 Å². The molecule has 258 valence electrons. The maximum atomic E-state index is 15.1. The lowest BCUT2D eigenvalue weighted by atomic mass is 9.84. The number of hydrogen-bond acceptors (Lipinski definition) is 15. The van der Waals surface area contributed by atoms with E-state index in [-0.39, 0.29) is 22.1 Å². The smallest absolute Gasteiger partial charge is 0.351 e. The molecule has 3 aromatic rings. The maximum absolute atomic E-state index is 15.1. The molecule has 0 saturated carbocycles. The van der Waals surface area contributed by atoms with E-state index in [1.54, 1.807) is 29.9 Å². The van der Waals surface area contributed by atoms with Gasteiger partial charge in [0.25, 0.3) is 23.7 Å². The van der Waals surface area contributed by atoms with Crippen molar-refractivity contribution in [2.75, 3.05) is 30.7 Å². The first kappa shape index (κ1) is 35.9. The van der Waals surface area contributed by atoms with Gasteiger partial charge >= 0.3 is 5.97 Å². The van der Waals surface area contributed by atoms with Crippen LogP contribution in [-0.4, -0.2) is 89.0 Å². The first-order valence-electron chi connectivity index (χ1n) is 13.9. The normalized spacial score (nSPS) is 16.5. The lowest BCUT2D eigenvalue weighted by Gasteiger charge is -2.51. The summed E-state index contributed by atoms with van der Waals surface area (Å²) < 4.78 is 59.4. The lowest BCUT2D eigenvalue weighted by molar-refractivity contribution is -0.656. The van der Waals surface area contributed by atoms with Crippen LogP contribution in [0.1, 0.15) is 19.5 Å². The molecular weight excluding hydrogens is 679 g/mol. The molecular formula is C27H31FN8O10S2. The number of carbonyl (C=O) groups is 3. The fraction of sp³-hybridized carbons (Fsp3) is 0.333. The molecule has 21 heteroatoms. The minimum absolute atomic E-state index is 0.0160. The van der Waals surface area contributed by atoms with Crippen molar-refractivity contribution in [3.05, 3.63) is 53.4 Å². The van der Waals surface area contributed by atoms with Crippen LogP contribution in [0.2, 0.25) is 0 Å². The molecule has 1 unspecified atom stereocenters. The second-order valence-electron chi connectivity index (χ2n) is 10.7. The summed E-state index contributed by atoms with van der Waals surface area (Å²) in [5.41, 5.74) is 9.78. The summed E-state index contributed by atoms with van der Waals surface area (Å²) in [6, 6.07) is 6.05. The number of thiazole rings is 1. The molecule has 0 bridgehead atoms. The molecule has 7 N–H and O–H groups in total. The number of nitrogens with one attached hydrogen (secondary N) is 2. The molecule has 2 atom stereocenters. The second kappa shape index (κ2) is 14.4. The number of β-lactam (4-membered cyclic amide) rings is 1. The number of amides is 2. The largest absolute Gasteiger partial charge is 0.724 e. The Bertz CT molecular complexity index is 1850. The summed E-state index contributed by atoms with van der Waals surface area (Å²) in [6.45, 7) is 2.94. The van der Waals surface area contributed by atoms with Gasteiger partial charge in [0, 0.05) is 35.2 Å². The number of carboxylic acid groups (broad SMARTS) is 1.